The molecule has 0 aromatic carbocycles. The minimum Gasteiger partial charge on any atom is -0.481 e. The van der Waals surface area contributed by atoms with Crippen LogP contribution < -0.4 is 0 Å². The first-order valence-corrected chi connectivity index (χ1v) is 5.22. The number of Topliss-reactive ketones (excluding diaryl/α,β-unsaturated/α-hetero) is 1. The molecule has 0 aromatic rings. The fourth-order valence-corrected chi connectivity index (χ4v) is 1.68. The summed E-state index contributed by atoms with van der Waals surface area (Å²) < 4.78 is 0. The zero-order chi connectivity index (χ0) is 11.3. The maximum Gasteiger partial charge on any atom is 0.303 e. The average molecular weight is 212 g/mol. The van der Waals surface area contributed by atoms with Gasteiger partial charge in [0.2, 0.25) is 0 Å². The summed E-state index contributed by atoms with van der Waals surface area (Å²) >= 11 is 0. The lowest BCUT2D eigenvalue weighted by atomic mass is 9.92. The van der Waals surface area contributed by atoms with E-state index in [1.54, 1.807) is 0 Å². The lowest BCUT2D eigenvalue weighted by molar-refractivity contribution is -0.139. The third-order valence-electron chi connectivity index (χ3n) is 2.57. The predicted molar refractivity (Wildman–Crippen MR) is 54.4 cm³/mol. The maximum absolute atomic E-state index is 11.4. The number of aliphatic hydroxyl groups is 1. The number of hydrogen-bond acceptors (Lipinski definition) is 3. The maximum atomic E-state index is 11.4. The van der Waals surface area contributed by atoms with Crippen LogP contribution in [0.3, 0.4) is 0 Å². The quantitative estimate of drug-likeness (QED) is 0.673. The van der Waals surface area contributed by atoms with E-state index in [0.29, 0.717) is 0 Å². The molecule has 1 atom stereocenters. The molecule has 1 rings (SSSR count). The molecule has 0 aromatic heterocycles. The molecular weight excluding hydrogens is 196 g/mol. The van der Waals surface area contributed by atoms with Crippen molar-refractivity contribution in [1.29, 1.82) is 0 Å². The lowest BCUT2D eigenvalue weighted by Crippen LogP contribution is -2.24. The van der Waals surface area contributed by atoms with E-state index >= 15 is 0 Å². The molecule has 0 spiro atoms. The molecule has 1 aliphatic rings. The van der Waals surface area contributed by atoms with E-state index in [4.69, 9.17) is 5.11 Å². The first-order valence-electron chi connectivity index (χ1n) is 5.22. The van der Waals surface area contributed by atoms with Crippen molar-refractivity contribution in [3.63, 3.8) is 0 Å². The molecule has 0 saturated carbocycles. The van der Waals surface area contributed by atoms with Crippen LogP contribution in [-0.2, 0) is 9.59 Å². The fraction of sp³-hybridized carbons (Fsp3) is 0.636. The monoisotopic (exact) mass is 212 g/mol. The molecular formula is C11H16O4. The molecule has 0 heterocycles. The number of allylic oxidation sites excluding steroid dienone is 1. The highest BCUT2D eigenvalue weighted by Gasteiger charge is 2.21. The largest absolute Gasteiger partial charge is 0.481 e. The van der Waals surface area contributed by atoms with Crippen LogP contribution in [0, 0.1) is 0 Å². The SMILES string of the molecule is O=C(O)CCC(=O)[C@H](O)C1=CCCCC1. The number of aliphatic hydroxyl groups excluding tert-OH is 1. The van der Waals surface area contributed by atoms with Crippen molar-refractivity contribution < 1.29 is 19.8 Å². The number of aliphatic carboxylic acids is 1. The molecule has 4 nitrogen and oxygen atoms in total. The molecule has 15 heavy (non-hydrogen) atoms. The van der Waals surface area contributed by atoms with Gasteiger partial charge in [0.05, 0.1) is 6.42 Å². The standard InChI is InChI=1S/C11H16O4/c12-9(6-7-10(13)14)11(15)8-4-2-1-3-5-8/h4,11,15H,1-3,5-7H2,(H,13,14)/t11-/m1/s1. The second kappa shape index (κ2) is 5.66. The van der Waals surface area contributed by atoms with E-state index in [0.717, 1.165) is 31.3 Å². The van der Waals surface area contributed by atoms with Gasteiger partial charge in [0, 0.05) is 6.42 Å². The van der Waals surface area contributed by atoms with E-state index in [-0.39, 0.29) is 18.6 Å². The Hall–Kier alpha value is -1.16. The Kier molecular flexibility index (Phi) is 4.49. The van der Waals surface area contributed by atoms with Crippen LogP contribution in [0.25, 0.3) is 0 Å². The van der Waals surface area contributed by atoms with E-state index in [9.17, 15) is 14.7 Å². The number of rotatable bonds is 5. The molecule has 1 aliphatic carbocycles. The molecule has 0 aliphatic heterocycles. The number of carboxylic acids is 1. The molecule has 0 bridgehead atoms. The number of ketones is 1. The van der Waals surface area contributed by atoms with Crippen LogP contribution in [0.15, 0.2) is 11.6 Å². The Labute approximate surface area is 88.6 Å². The smallest absolute Gasteiger partial charge is 0.303 e. The van der Waals surface area contributed by atoms with E-state index < -0.39 is 12.1 Å². The Morgan fingerprint density at radius 2 is 2.07 bits per heavy atom. The molecule has 0 fully saturated rings. The fourth-order valence-electron chi connectivity index (χ4n) is 1.68. The Morgan fingerprint density at radius 3 is 2.60 bits per heavy atom. The summed E-state index contributed by atoms with van der Waals surface area (Å²) in [5, 5.41) is 18.1. The summed E-state index contributed by atoms with van der Waals surface area (Å²) in [5.41, 5.74) is 0.761. The van der Waals surface area contributed by atoms with Crippen LogP contribution in [0.2, 0.25) is 0 Å². The average Bonchev–Trinajstić information content (AvgIpc) is 2.26. The topological polar surface area (TPSA) is 74.6 Å². The summed E-state index contributed by atoms with van der Waals surface area (Å²) in [5.74, 6) is -1.39. The van der Waals surface area contributed by atoms with Crippen molar-refractivity contribution in [2.75, 3.05) is 0 Å². The highest BCUT2D eigenvalue weighted by molar-refractivity contribution is 5.88. The van der Waals surface area contributed by atoms with Gasteiger partial charge in [-0.25, -0.2) is 0 Å². The normalized spacial score (nSPS) is 18.1. The van der Waals surface area contributed by atoms with Crippen molar-refractivity contribution in [1.82, 2.24) is 0 Å². The summed E-state index contributed by atoms with van der Waals surface area (Å²) in [6.07, 6.45) is 4.27. The number of hydrogen-bond donors (Lipinski definition) is 2. The van der Waals surface area contributed by atoms with E-state index in [2.05, 4.69) is 0 Å². The zero-order valence-electron chi connectivity index (χ0n) is 8.61. The van der Waals surface area contributed by atoms with Crippen LogP contribution in [0.5, 0.6) is 0 Å². The molecule has 0 saturated heterocycles. The van der Waals surface area contributed by atoms with Crippen LogP contribution in [0.1, 0.15) is 38.5 Å². The van der Waals surface area contributed by atoms with Gasteiger partial charge in [-0.3, -0.25) is 9.59 Å². The van der Waals surface area contributed by atoms with Crippen molar-refractivity contribution in [3.8, 4) is 0 Å². The van der Waals surface area contributed by atoms with Gasteiger partial charge < -0.3 is 10.2 Å². The van der Waals surface area contributed by atoms with Gasteiger partial charge in [0.1, 0.15) is 6.10 Å². The Balaban J connectivity index is 2.44. The van der Waals surface area contributed by atoms with Crippen molar-refractivity contribution in [2.24, 2.45) is 0 Å². The van der Waals surface area contributed by atoms with Crippen molar-refractivity contribution >= 4 is 11.8 Å². The molecule has 0 unspecified atom stereocenters. The van der Waals surface area contributed by atoms with Crippen LogP contribution in [-0.4, -0.2) is 28.1 Å². The highest BCUT2D eigenvalue weighted by Crippen LogP contribution is 2.21. The highest BCUT2D eigenvalue weighted by atomic mass is 16.4. The van der Waals surface area contributed by atoms with Gasteiger partial charge in [0.25, 0.3) is 0 Å². The first-order chi connectivity index (χ1) is 7.11. The summed E-state index contributed by atoms with van der Waals surface area (Å²) in [7, 11) is 0. The third-order valence-corrected chi connectivity index (χ3v) is 2.57. The Bertz CT molecular complexity index is 280. The summed E-state index contributed by atoms with van der Waals surface area (Å²) in [6, 6.07) is 0. The van der Waals surface area contributed by atoms with Gasteiger partial charge in [-0.2, -0.15) is 0 Å². The second-order valence-electron chi connectivity index (χ2n) is 3.79. The minimum absolute atomic E-state index is 0.0894. The van der Waals surface area contributed by atoms with E-state index in [1.165, 1.54) is 0 Å². The van der Waals surface area contributed by atoms with Gasteiger partial charge in [-0.05, 0) is 31.3 Å². The van der Waals surface area contributed by atoms with Crippen molar-refractivity contribution in [2.45, 2.75) is 44.6 Å². The first kappa shape index (κ1) is 11.9. The zero-order valence-corrected chi connectivity index (χ0v) is 8.61. The van der Waals surface area contributed by atoms with Gasteiger partial charge in [-0.15, -0.1) is 0 Å². The van der Waals surface area contributed by atoms with Gasteiger partial charge in [0.15, 0.2) is 5.78 Å². The van der Waals surface area contributed by atoms with Crippen molar-refractivity contribution in [3.05, 3.63) is 11.6 Å². The minimum atomic E-state index is -1.08. The molecule has 2 N–H and O–H groups in total. The molecule has 84 valence electrons. The second-order valence-corrected chi connectivity index (χ2v) is 3.79. The number of carbonyl (C=O) groups excluding carboxylic acids is 1. The predicted octanol–water partition coefficient (Wildman–Crippen LogP) is 1.28. The molecule has 0 radical (unpaired) electrons. The van der Waals surface area contributed by atoms with E-state index in [1.807, 2.05) is 6.08 Å². The number of carboxylic acid groups (broad SMARTS) is 1. The van der Waals surface area contributed by atoms with Gasteiger partial charge in [-0.1, -0.05) is 6.08 Å². The molecule has 0 amide bonds. The van der Waals surface area contributed by atoms with Crippen LogP contribution in [0.4, 0.5) is 0 Å². The molecule has 4 heteroatoms. The third kappa shape index (κ3) is 3.83. The summed E-state index contributed by atoms with van der Waals surface area (Å²) in [4.78, 5) is 21.6. The number of carbonyl (C=O) groups is 2. The van der Waals surface area contributed by atoms with Gasteiger partial charge >= 0.3 is 5.97 Å². The lowest BCUT2D eigenvalue weighted by Gasteiger charge is -2.17. The van der Waals surface area contributed by atoms with Crippen LogP contribution >= 0.6 is 0 Å². The summed E-state index contributed by atoms with van der Waals surface area (Å²) in [6.45, 7) is 0. The Morgan fingerprint density at radius 1 is 1.33 bits per heavy atom.